The molecule has 0 aliphatic heterocycles. The third kappa shape index (κ3) is 6.01. The van der Waals surface area contributed by atoms with Crippen molar-refractivity contribution in [3.05, 3.63) is 24.5 Å². The van der Waals surface area contributed by atoms with E-state index in [1.54, 1.807) is 24.5 Å². The fraction of sp³-hybridized carbons (Fsp3) is 0.300. The van der Waals surface area contributed by atoms with Gasteiger partial charge in [0.25, 0.3) is 0 Å². The summed E-state index contributed by atoms with van der Waals surface area (Å²) in [5, 5.41) is 0. The van der Waals surface area contributed by atoms with Crippen LogP contribution in [0.4, 0.5) is 0 Å². The molecule has 5 nitrogen and oxygen atoms in total. The molecule has 86 valence electrons. The van der Waals surface area contributed by atoms with Crippen molar-refractivity contribution >= 4 is 10.0 Å². The van der Waals surface area contributed by atoms with E-state index in [1.165, 1.54) is 0 Å². The lowest BCUT2D eigenvalue weighted by atomic mass is 10.5. The number of rotatable bonds is 4. The zero-order valence-electron chi connectivity index (χ0n) is 8.80. The lowest BCUT2D eigenvalue weighted by Gasteiger charge is -1.99. The molecule has 0 spiro atoms. The van der Waals surface area contributed by atoms with Gasteiger partial charge in [0.2, 0.25) is 10.0 Å². The summed E-state index contributed by atoms with van der Waals surface area (Å²) in [7, 11) is -3.17. The van der Waals surface area contributed by atoms with Gasteiger partial charge in [-0.2, -0.15) is 0 Å². The number of aromatic nitrogens is 1. The summed E-state index contributed by atoms with van der Waals surface area (Å²) in [4.78, 5) is 3.87. The molecule has 0 fully saturated rings. The summed E-state index contributed by atoms with van der Waals surface area (Å²) in [6.07, 6.45) is 4.31. The minimum atomic E-state index is -3.17. The molecule has 16 heavy (non-hydrogen) atoms. The SMILES string of the molecule is CS(=O)(=O)NCC#CCOc1cccnc1. The van der Waals surface area contributed by atoms with Gasteiger partial charge in [0.1, 0.15) is 12.4 Å². The topological polar surface area (TPSA) is 68.3 Å². The maximum Gasteiger partial charge on any atom is 0.209 e. The van der Waals surface area contributed by atoms with Gasteiger partial charge in [0.15, 0.2) is 0 Å². The van der Waals surface area contributed by atoms with E-state index in [1.807, 2.05) is 0 Å². The molecule has 1 rings (SSSR count). The molecule has 6 heteroatoms. The van der Waals surface area contributed by atoms with Crippen LogP contribution in [0.1, 0.15) is 0 Å². The largest absolute Gasteiger partial charge is 0.479 e. The lowest BCUT2D eigenvalue weighted by Crippen LogP contribution is -2.21. The van der Waals surface area contributed by atoms with Crippen LogP contribution in [0.5, 0.6) is 5.75 Å². The summed E-state index contributed by atoms with van der Waals surface area (Å²) in [6.45, 7) is 0.298. The van der Waals surface area contributed by atoms with E-state index in [0.717, 1.165) is 6.26 Å². The minimum Gasteiger partial charge on any atom is -0.479 e. The summed E-state index contributed by atoms with van der Waals surface area (Å²) >= 11 is 0. The van der Waals surface area contributed by atoms with Gasteiger partial charge in [-0.15, -0.1) is 0 Å². The van der Waals surface area contributed by atoms with Crippen LogP contribution in [0.15, 0.2) is 24.5 Å². The van der Waals surface area contributed by atoms with E-state index in [2.05, 4.69) is 21.5 Å². The normalized spacial score (nSPS) is 10.3. The molecule has 0 bridgehead atoms. The van der Waals surface area contributed by atoms with Crippen LogP contribution >= 0.6 is 0 Å². The van der Waals surface area contributed by atoms with E-state index < -0.39 is 10.0 Å². The quantitative estimate of drug-likeness (QED) is 0.753. The van der Waals surface area contributed by atoms with Crippen molar-refractivity contribution in [1.82, 2.24) is 9.71 Å². The Morgan fingerprint density at radius 3 is 2.94 bits per heavy atom. The number of hydrogen-bond acceptors (Lipinski definition) is 4. The molecule has 1 aromatic heterocycles. The van der Waals surface area contributed by atoms with Crippen LogP contribution in [0.3, 0.4) is 0 Å². The molecule has 0 saturated carbocycles. The highest BCUT2D eigenvalue weighted by Gasteiger charge is 1.95. The monoisotopic (exact) mass is 240 g/mol. The van der Waals surface area contributed by atoms with Crippen molar-refractivity contribution in [3.8, 4) is 17.6 Å². The average molecular weight is 240 g/mol. The zero-order chi connectivity index (χ0) is 11.9. The first-order valence-corrected chi connectivity index (χ1v) is 6.40. The molecule has 0 radical (unpaired) electrons. The Balaban J connectivity index is 2.24. The van der Waals surface area contributed by atoms with Gasteiger partial charge in [-0.25, -0.2) is 13.1 Å². The van der Waals surface area contributed by atoms with Crippen LogP contribution in [0.2, 0.25) is 0 Å². The first-order valence-electron chi connectivity index (χ1n) is 4.51. The van der Waals surface area contributed by atoms with Gasteiger partial charge in [-0.1, -0.05) is 11.8 Å². The van der Waals surface area contributed by atoms with E-state index in [9.17, 15) is 8.42 Å². The average Bonchev–Trinajstić information content (AvgIpc) is 2.23. The first kappa shape index (κ1) is 12.5. The van der Waals surface area contributed by atoms with Crippen molar-refractivity contribution < 1.29 is 13.2 Å². The standard InChI is InChI=1S/C10H12N2O3S/c1-16(13,14)12-7-2-3-8-15-10-5-4-6-11-9-10/h4-6,9,12H,7-8H2,1H3. The van der Waals surface area contributed by atoms with Gasteiger partial charge in [0.05, 0.1) is 19.0 Å². The maximum atomic E-state index is 10.7. The molecule has 0 atom stereocenters. The predicted molar refractivity (Wildman–Crippen MR) is 60.4 cm³/mol. The van der Waals surface area contributed by atoms with Gasteiger partial charge < -0.3 is 4.74 Å². The molecule has 0 saturated heterocycles. The fourth-order valence-electron chi connectivity index (χ4n) is 0.833. The Hall–Kier alpha value is -1.58. The molecular weight excluding hydrogens is 228 g/mol. The highest BCUT2D eigenvalue weighted by Crippen LogP contribution is 2.04. The number of pyridine rings is 1. The zero-order valence-corrected chi connectivity index (χ0v) is 9.62. The van der Waals surface area contributed by atoms with E-state index in [4.69, 9.17) is 4.74 Å². The van der Waals surface area contributed by atoms with Crippen molar-refractivity contribution in [1.29, 1.82) is 0 Å². The Kier molecular flexibility index (Phi) is 4.76. The summed E-state index contributed by atoms with van der Waals surface area (Å²) in [5.74, 6) is 5.94. The highest BCUT2D eigenvalue weighted by atomic mass is 32.2. The molecule has 1 N–H and O–H groups in total. The van der Waals surface area contributed by atoms with Crippen LogP contribution in [-0.4, -0.2) is 32.8 Å². The second-order valence-corrected chi connectivity index (χ2v) is 4.76. The molecule has 1 aromatic rings. The Morgan fingerprint density at radius 2 is 2.31 bits per heavy atom. The Bertz CT molecular complexity index is 474. The van der Waals surface area contributed by atoms with Crippen molar-refractivity contribution in [3.63, 3.8) is 0 Å². The van der Waals surface area contributed by atoms with Crippen molar-refractivity contribution in [2.75, 3.05) is 19.4 Å². The molecular formula is C10H12N2O3S. The highest BCUT2D eigenvalue weighted by molar-refractivity contribution is 7.88. The molecule has 0 amide bonds. The minimum absolute atomic E-state index is 0.0925. The number of nitrogens with zero attached hydrogens (tertiary/aromatic N) is 1. The number of ether oxygens (including phenoxy) is 1. The third-order valence-corrected chi connectivity index (χ3v) is 2.16. The van der Waals surface area contributed by atoms with Crippen LogP contribution in [0.25, 0.3) is 0 Å². The maximum absolute atomic E-state index is 10.7. The van der Waals surface area contributed by atoms with E-state index in [0.29, 0.717) is 5.75 Å². The van der Waals surface area contributed by atoms with Gasteiger partial charge >= 0.3 is 0 Å². The second kappa shape index (κ2) is 6.10. The lowest BCUT2D eigenvalue weighted by molar-refractivity contribution is 0.368. The van der Waals surface area contributed by atoms with Crippen molar-refractivity contribution in [2.24, 2.45) is 0 Å². The Labute approximate surface area is 94.9 Å². The fourth-order valence-corrected chi connectivity index (χ4v) is 1.17. The van der Waals surface area contributed by atoms with Gasteiger partial charge in [-0.3, -0.25) is 4.98 Å². The molecule has 0 unspecified atom stereocenters. The summed E-state index contributed by atoms with van der Waals surface area (Å²) < 4.78 is 28.8. The first-order chi connectivity index (χ1) is 7.58. The predicted octanol–water partition coefficient (Wildman–Crippen LogP) is 0.0130. The number of hydrogen-bond donors (Lipinski definition) is 1. The smallest absolute Gasteiger partial charge is 0.209 e. The van der Waals surface area contributed by atoms with Crippen LogP contribution < -0.4 is 9.46 Å². The van der Waals surface area contributed by atoms with E-state index >= 15 is 0 Å². The van der Waals surface area contributed by atoms with E-state index in [-0.39, 0.29) is 13.2 Å². The van der Waals surface area contributed by atoms with Crippen LogP contribution in [-0.2, 0) is 10.0 Å². The van der Waals surface area contributed by atoms with Gasteiger partial charge in [0, 0.05) is 6.20 Å². The Morgan fingerprint density at radius 1 is 1.50 bits per heavy atom. The molecule has 0 aliphatic rings. The molecule has 1 heterocycles. The molecule has 0 aliphatic carbocycles. The number of nitrogens with one attached hydrogen (secondary N) is 1. The number of sulfonamides is 1. The molecule has 0 aromatic carbocycles. The van der Waals surface area contributed by atoms with Gasteiger partial charge in [-0.05, 0) is 12.1 Å². The third-order valence-electron chi connectivity index (χ3n) is 1.49. The van der Waals surface area contributed by atoms with Crippen molar-refractivity contribution in [2.45, 2.75) is 0 Å². The second-order valence-electron chi connectivity index (χ2n) is 2.92. The summed E-state index contributed by atoms with van der Waals surface area (Å²) in [5.41, 5.74) is 0. The summed E-state index contributed by atoms with van der Waals surface area (Å²) in [6, 6.07) is 3.53. The van der Waals surface area contributed by atoms with Crippen LogP contribution in [0, 0.1) is 11.8 Å².